The molecule has 0 bridgehead atoms. The predicted molar refractivity (Wildman–Crippen MR) is 82.2 cm³/mol. The Hall–Kier alpha value is -1.62. The summed E-state index contributed by atoms with van der Waals surface area (Å²) >= 11 is 1.80. The largest absolute Gasteiger partial charge is 0.359 e. The minimum Gasteiger partial charge on any atom is -0.359 e. The number of nitrogens with one attached hydrogen (secondary N) is 1. The van der Waals surface area contributed by atoms with Crippen molar-refractivity contribution in [2.24, 2.45) is 0 Å². The third kappa shape index (κ3) is 3.67. The molecule has 2 rings (SSSR count). The Labute approximate surface area is 118 Å². The second-order valence-electron chi connectivity index (χ2n) is 4.48. The van der Waals surface area contributed by atoms with Gasteiger partial charge in [0.15, 0.2) is 0 Å². The van der Waals surface area contributed by atoms with Gasteiger partial charge in [-0.3, -0.25) is 0 Å². The fourth-order valence-corrected chi connectivity index (χ4v) is 2.60. The van der Waals surface area contributed by atoms with Crippen molar-refractivity contribution in [3.8, 4) is 0 Å². The number of likely N-dealkylation sites (N-methyl/N-ethyl adjacent to an activating group) is 1. The number of thiophene rings is 1. The molecule has 102 valence electrons. The maximum atomic E-state index is 4.57. The first-order valence-electron chi connectivity index (χ1n) is 6.51. The Morgan fingerprint density at radius 2 is 2.26 bits per heavy atom. The highest BCUT2D eigenvalue weighted by molar-refractivity contribution is 7.09. The van der Waals surface area contributed by atoms with Crippen molar-refractivity contribution < 1.29 is 0 Å². The molecule has 2 aromatic heterocycles. The third-order valence-electron chi connectivity index (χ3n) is 2.92. The Balaban J connectivity index is 2.04. The van der Waals surface area contributed by atoms with Gasteiger partial charge in [0.25, 0.3) is 0 Å². The lowest BCUT2D eigenvalue weighted by Crippen LogP contribution is -2.22. The Morgan fingerprint density at radius 1 is 1.42 bits per heavy atom. The van der Waals surface area contributed by atoms with Gasteiger partial charge in [-0.2, -0.15) is 4.98 Å². The molecule has 4 nitrogen and oxygen atoms in total. The summed E-state index contributed by atoms with van der Waals surface area (Å²) in [5.74, 6) is 1.70. The van der Waals surface area contributed by atoms with E-state index in [1.54, 1.807) is 11.3 Å². The normalized spacial score (nSPS) is 10.5. The summed E-state index contributed by atoms with van der Waals surface area (Å²) in [7, 11) is 2.08. The van der Waals surface area contributed by atoms with Crippen LogP contribution < -0.4 is 10.2 Å². The number of hydrogen-bond donors (Lipinski definition) is 1. The molecule has 0 atom stereocenters. The fourth-order valence-electron chi connectivity index (χ4n) is 1.90. The molecule has 19 heavy (non-hydrogen) atoms. The zero-order valence-corrected chi connectivity index (χ0v) is 12.5. The third-order valence-corrected chi connectivity index (χ3v) is 3.85. The SMILES string of the molecule is CCNc1ncc(C)c(N(C)CCc2cccs2)n1. The first-order chi connectivity index (χ1) is 9.20. The molecule has 0 aromatic carbocycles. The van der Waals surface area contributed by atoms with Crippen LogP contribution in [0.2, 0.25) is 0 Å². The van der Waals surface area contributed by atoms with Gasteiger partial charge in [0.1, 0.15) is 5.82 Å². The standard InChI is InChI=1S/C14H20N4S/c1-4-15-14-16-10-11(2)13(17-14)18(3)8-7-12-6-5-9-19-12/h5-6,9-10H,4,7-8H2,1-3H3,(H,15,16,17). The number of aromatic nitrogens is 2. The molecule has 0 spiro atoms. The van der Waals surface area contributed by atoms with Gasteiger partial charge in [0.2, 0.25) is 5.95 Å². The van der Waals surface area contributed by atoms with Gasteiger partial charge in [0, 0.05) is 36.8 Å². The molecule has 0 unspecified atom stereocenters. The minimum atomic E-state index is 0.700. The predicted octanol–water partition coefficient (Wildman–Crippen LogP) is 2.96. The Bertz CT molecular complexity index is 510. The number of rotatable bonds is 6. The monoisotopic (exact) mass is 276 g/mol. The van der Waals surface area contributed by atoms with Crippen LogP contribution in [0.4, 0.5) is 11.8 Å². The van der Waals surface area contributed by atoms with Crippen molar-refractivity contribution in [2.45, 2.75) is 20.3 Å². The van der Waals surface area contributed by atoms with E-state index in [-0.39, 0.29) is 0 Å². The summed E-state index contributed by atoms with van der Waals surface area (Å²) in [5.41, 5.74) is 1.11. The van der Waals surface area contributed by atoms with Crippen molar-refractivity contribution in [1.29, 1.82) is 0 Å². The van der Waals surface area contributed by atoms with Crippen LogP contribution in [-0.4, -0.2) is 30.1 Å². The molecule has 0 aliphatic heterocycles. The second-order valence-corrected chi connectivity index (χ2v) is 5.51. The molecule has 2 heterocycles. The van der Waals surface area contributed by atoms with Crippen LogP contribution in [0.25, 0.3) is 0 Å². The summed E-state index contributed by atoms with van der Waals surface area (Å²) in [6.07, 6.45) is 2.93. The zero-order valence-electron chi connectivity index (χ0n) is 11.7. The summed E-state index contributed by atoms with van der Waals surface area (Å²) in [4.78, 5) is 12.4. The Morgan fingerprint density at radius 3 is 2.95 bits per heavy atom. The van der Waals surface area contributed by atoms with E-state index in [2.05, 4.69) is 44.7 Å². The van der Waals surface area contributed by atoms with Gasteiger partial charge in [-0.15, -0.1) is 11.3 Å². The van der Waals surface area contributed by atoms with E-state index in [0.29, 0.717) is 5.95 Å². The molecule has 0 fully saturated rings. The zero-order chi connectivity index (χ0) is 13.7. The van der Waals surface area contributed by atoms with E-state index in [0.717, 1.165) is 30.9 Å². The van der Waals surface area contributed by atoms with Gasteiger partial charge in [-0.1, -0.05) is 6.07 Å². The van der Waals surface area contributed by atoms with Crippen LogP contribution in [0.15, 0.2) is 23.7 Å². The van der Waals surface area contributed by atoms with E-state index in [1.807, 2.05) is 20.0 Å². The highest BCUT2D eigenvalue weighted by Crippen LogP contribution is 2.18. The highest BCUT2D eigenvalue weighted by Gasteiger charge is 2.08. The minimum absolute atomic E-state index is 0.700. The molecule has 0 saturated heterocycles. The lowest BCUT2D eigenvalue weighted by molar-refractivity contribution is 0.857. The van der Waals surface area contributed by atoms with Gasteiger partial charge in [-0.25, -0.2) is 4.98 Å². The summed E-state index contributed by atoms with van der Waals surface area (Å²) in [6.45, 7) is 5.89. The number of anilines is 2. The topological polar surface area (TPSA) is 41.1 Å². The van der Waals surface area contributed by atoms with E-state index < -0.39 is 0 Å². The average Bonchev–Trinajstić information content (AvgIpc) is 2.92. The Kier molecular flexibility index (Phi) is 4.74. The number of aryl methyl sites for hydroxylation is 1. The van der Waals surface area contributed by atoms with E-state index in [4.69, 9.17) is 0 Å². The molecule has 0 radical (unpaired) electrons. The van der Waals surface area contributed by atoms with E-state index >= 15 is 0 Å². The first kappa shape index (κ1) is 13.8. The van der Waals surface area contributed by atoms with Crippen molar-refractivity contribution in [3.05, 3.63) is 34.2 Å². The molecular weight excluding hydrogens is 256 g/mol. The lowest BCUT2D eigenvalue weighted by Gasteiger charge is -2.20. The molecule has 0 saturated carbocycles. The summed E-state index contributed by atoms with van der Waals surface area (Å²) in [5, 5.41) is 5.27. The number of hydrogen-bond acceptors (Lipinski definition) is 5. The van der Waals surface area contributed by atoms with Crippen LogP contribution in [0.1, 0.15) is 17.4 Å². The van der Waals surface area contributed by atoms with Gasteiger partial charge in [-0.05, 0) is 31.7 Å². The lowest BCUT2D eigenvalue weighted by atomic mass is 10.3. The molecule has 2 aromatic rings. The van der Waals surface area contributed by atoms with E-state index in [1.165, 1.54) is 4.88 Å². The van der Waals surface area contributed by atoms with Crippen molar-refractivity contribution in [1.82, 2.24) is 9.97 Å². The van der Waals surface area contributed by atoms with Crippen molar-refractivity contribution >= 4 is 23.1 Å². The highest BCUT2D eigenvalue weighted by atomic mass is 32.1. The van der Waals surface area contributed by atoms with Crippen molar-refractivity contribution in [3.63, 3.8) is 0 Å². The summed E-state index contributed by atoms with van der Waals surface area (Å²) < 4.78 is 0. The number of nitrogens with zero attached hydrogens (tertiary/aromatic N) is 3. The van der Waals surface area contributed by atoms with Crippen LogP contribution >= 0.6 is 11.3 Å². The molecule has 0 aliphatic carbocycles. The second kappa shape index (κ2) is 6.52. The molecule has 0 amide bonds. The molecule has 1 N–H and O–H groups in total. The molecule has 5 heteroatoms. The van der Waals surface area contributed by atoms with Crippen LogP contribution in [0.5, 0.6) is 0 Å². The maximum Gasteiger partial charge on any atom is 0.224 e. The molecule has 0 aliphatic rings. The average molecular weight is 276 g/mol. The van der Waals surface area contributed by atoms with Gasteiger partial charge in [0.05, 0.1) is 0 Å². The fraction of sp³-hybridized carbons (Fsp3) is 0.429. The summed E-state index contributed by atoms with van der Waals surface area (Å²) in [6, 6.07) is 4.27. The van der Waals surface area contributed by atoms with Crippen LogP contribution in [0.3, 0.4) is 0 Å². The smallest absolute Gasteiger partial charge is 0.224 e. The quantitative estimate of drug-likeness (QED) is 0.880. The van der Waals surface area contributed by atoms with Crippen LogP contribution in [-0.2, 0) is 6.42 Å². The first-order valence-corrected chi connectivity index (χ1v) is 7.39. The van der Waals surface area contributed by atoms with Crippen LogP contribution in [0, 0.1) is 6.92 Å². The van der Waals surface area contributed by atoms with Crippen molar-refractivity contribution in [2.75, 3.05) is 30.4 Å². The van der Waals surface area contributed by atoms with Gasteiger partial charge >= 0.3 is 0 Å². The maximum absolute atomic E-state index is 4.57. The van der Waals surface area contributed by atoms with Gasteiger partial charge < -0.3 is 10.2 Å². The molecular formula is C14H20N4S. The van der Waals surface area contributed by atoms with E-state index in [9.17, 15) is 0 Å².